The van der Waals surface area contributed by atoms with Crippen LogP contribution in [0.2, 0.25) is 0 Å². The van der Waals surface area contributed by atoms with Gasteiger partial charge in [-0.25, -0.2) is 0 Å². The lowest BCUT2D eigenvalue weighted by molar-refractivity contribution is 0.616. The lowest BCUT2D eigenvalue weighted by Gasteiger charge is -2.23. The van der Waals surface area contributed by atoms with Gasteiger partial charge in [0.05, 0.1) is 0 Å². The zero-order valence-corrected chi connectivity index (χ0v) is 6.33. The van der Waals surface area contributed by atoms with Crippen molar-refractivity contribution in [1.29, 1.82) is 0 Å². The van der Waals surface area contributed by atoms with Crippen molar-refractivity contribution < 1.29 is 0 Å². The van der Waals surface area contributed by atoms with Crippen LogP contribution in [0.25, 0.3) is 0 Å². The summed E-state index contributed by atoms with van der Waals surface area (Å²) in [6, 6.07) is 0. The van der Waals surface area contributed by atoms with Gasteiger partial charge < -0.3 is 4.81 Å². The zero-order valence-electron chi connectivity index (χ0n) is 6.33. The Morgan fingerprint density at radius 2 is 2.40 bits per heavy atom. The predicted molar refractivity (Wildman–Crippen MR) is 46.6 cm³/mol. The summed E-state index contributed by atoms with van der Waals surface area (Å²) in [4.78, 5) is 2.23. The van der Waals surface area contributed by atoms with Gasteiger partial charge in [0.15, 0.2) is 0 Å². The van der Waals surface area contributed by atoms with Crippen molar-refractivity contribution in [2.75, 3.05) is 6.54 Å². The van der Waals surface area contributed by atoms with Gasteiger partial charge in [0, 0.05) is 6.54 Å². The summed E-state index contributed by atoms with van der Waals surface area (Å²) < 4.78 is 0. The summed E-state index contributed by atoms with van der Waals surface area (Å²) in [7, 11) is 0. The molecule has 0 spiro atoms. The van der Waals surface area contributed by atoms with E-state index in [9.17, 15) is 0 Å². The molecule has 2 heteroatoms. The third-order valence-corrected chi connectivity index (χ3v) is 1.69. The molecule has 1 heterocycles. The maximum atomic E-state index is 3.76. The molecule has 0 aliphatic carbocycles. The summed E-state index contributed by atoms with van der Waals surface area (Å²) in [5.41, 5.74) is 0. The lowest BCUT2D eigenvalue weighted by Crippen LogP contribution is -2.33. The topological polar surface area (TPSA) is 3.24 Å². The van der Waals surface area contributed by atoms with Crippen LogP contribution in [-0.2, 0) is 0 Å². The van der Waals surface area contributed by atoms with E-state index in [2.05, 4.69) is 36.6 Å². The highest BCUT2D eigenvalue weighted by atomic mass is 15.0. The third kappa shape index (κ3) is 1.32. The van der Waals surface area contributed by atoms with Crippen LogP contribution < -0.4 is 0 Å². The molecule has 0 aromatic rings. The SMILES string of the molecule is C=CB1C=CC=CN1CC. The molecule has 1 aliphatic heterocycles. The smallest absolute Gasteiger partial charge is 0.307 e. The summed E-state index contributed by atoms with van der Waals surface area (Å²) in [5.74, 6) is 4.08. The summed E-state index contributed by atoms with van der Waals surface area (Å²) in [5, 5.41) is 0. The average Bonchev–Trinajstić information content (AvgIpc) is 2.04. The first-order valence-corrected chi connectivity index (χ1v) is 3.61. The van der Waals surface area contributed by atoms with Crippen molar-refractivity contribution in [3.05, 3.63) is 36.9 Å². The first kappa shape index (κ1) is 7.20. The van der Waals surface area contributed by atoms with Crippen LogP contribution in [0.15, 0.2) is 36.9 Å². The molecule has 0 saturated heterocycles. The fraction of sp³-hybridized carbons (Fsp3) is 0.250. The minimum Gasteiger partial charge on any atom is -0.414 e. The summed E-state index contributed by atoms with van der Waals surface area (Å²) in [6.45, 7) is 7.33. The second-order valence-electron chi connectivity index (χ2n) is 2.28. The van der Waals surface area contributed by atoms with Crippen molar-refractivity contribution in [2.24, 2.45) is 0 Å². The number of hydrogen-bond acceptors (Lipinski definition) is 1. The van der Waals surface area contributed by atoms with E-state index in [1.54, 1.807) is 0 Å². The van der Waals surface area contributed by atoms with Gasteiger partial charge in [-0.3, -0.25) is 0 Å². The molecular weight excluding hydrogens is 121 g/mol. The Labute approximate surface area is 62.8 Å². The molecular formula is C8H12BN. The van der Waals surface area contributed by atoms with Crippen LogP contribution in [0.4, 0.5) is 0 Å². The predicted octanol–water partition coefficient (Wildman–Crippen LogP) is 1.65. The van der Waals surface area contributed by atoms with Gasteiger partial charge in [0.2, 0.25) is 0 Å². The molecule has 1 aliphatic rings. The van der Waals surface area contributed by atoms with Gasteiger partial charge in [-0.15, -0.1) is 6.58 Å². The second-order valence-corrected chi connectivity index (χ2v) is 2.28. The molecule has 1 nitrogen and oxygen atoms in total. The van der Waals surface area contributed by atoms with Gasteiger partial charge in [-0.05, 0) is 19.2 Å². The molecule has 10 heavy (non-hydrogen) atoms. The van der Waals surface area contributed by atoms with Crippen molar-refractivity contribution in [3.8, 4) is 0 Å². The highest BCUT2D eigenvalue weighted by molar-refractivity contribution is 6.67. The van der Waals surface area contributed by atoms with E-state index >= 15 is 0 Å². The standard InChI is InChI=1S/C8H12BN/c1-3-9-7-5-6-8-10(9)4-2/h3,5-8H,1,4H2,2H3. The maximum Gasteiger partial charge on any atom is 0.307 e. The largest absolute Gasteiger partial charge is 0.414 e. The molecule has 0 atom stereocenters. The summed E-state index contributed by atoms with van der Waals surface area (Å²) in [6.07, 6.45) is 6.19. The van der Waals surface area contributed by atoms with E-state index in [4.69, 9.17) is 0 Å². The number of rotatable bonds is 2. The summed E-state index contributed by atoms with van der Waals surface area (Å²) >= 11 is 0. The minimum absolute atomic E-state index is 0.398. The molecule has 0 fully saturated rings. The fourth-order valence-corrected chi connectivity index (χ4v) is 1.08. The molecule has 52 valence electrons. The van der Waals surface area contributed by atoms with Crippen LogP contribution in [0, 0.1) is 0 Å². The quantitative estimate of drug-likeness (QED) is 0.517. The van der Waals surface area contributed by atoms with Gasteiger partial charge in [0.25, 0.3) is 0 Å². The Kier molecular flexibility index (Phi) is 2.38. The first-order valence-electron chi connectivity index (χ1n) is 3.61. The van der Waals surface area contributed by atoms with Crippen molar-refractivity contribution in [3.63, 3.8) is 0 Å². The molecule has 0 amide bonds. The molecule has 0 N–H and O–H groups in total. The number of nitrogens with zero attached hydrogens (tertiary/aromatic N) is 1. The van der Waals surface area contributed by atoms with Crippen LogP contribution >= 0.6 is 0 Å². The van der Waals surface area contributed by atoms with E-state index < -0.39 is 0 Å². The van der Waals surface area contributed by atoms with E-state index in [-0.39, 0.29) is 0 Å². The maximum absolute atomic E-state index is 3.76. The van der Waals surface area contributed by atoms with E-state index in [0.29, 0.717) is 6.85 Å². The Hall–Kier alpha value is -0.915. The molecule has 0 bridgehead atoms. The number of hydrogen-bond donors (Lipinski definition) is 0. The first-order chi connectivity index (χ1) is 4.88. The molecule has 0 saturated carbocycles. The van der Waals surface area contributed by atoms with Crippen molar-refractivity contribution in [2.45, 2.75) is 6.92 Å². The highest BCUT2D eigenvalue weighted by Crippen LogP contribution is 2.03. The van der Waals surface area contributed by atoms with Gasteiger partial charge in [0.1, 0.15) is 0 Å². The second kappa shape index (κ2) is 3.30. The molecule has 0 aromatic carbocycles. The molecule has 0 aromatic heterocycles. The molecule has 1 rings (SSSR count). The van der Waals surface area contributed by atoms with Crippen molar-refractivity contribution in [1.82, 2.24) is 4.81 Å². The fourth-order valence-electron chi connectivity index (χ4n) is 1.08. The van der Waals surface area contributed by atoms with Crippen LogP contribution in [-0.4, -0.2) is 18.2 Å². The lowest BCUT2D eigenvalue weighted by atomic mass is 9.60. The van der Waals surface area contributed by atoms with Crippen LogP contribution in [0.5, 0.6) is 0 Å². The Bertz CT molecular complexity index is 172. The Balaban J connectivity index is 2.63. The third-order valence-electron chi connectivity index (χ3n) is 1.69. The van der Waals surface area contributed by atoms with Crippen LogP contribution in [0.3, 0.4) is 0 Å². The van der Waals surface area contributed by atoms with E-state index in [1.807, 2.05) is 12.1 Å². The zero-order chi connectivity index (χ0) is 7.40. The monoisotopic (exact) mass is 133 g/mol. The van der Waals surface area contributed by atoms with Crippen LogP contribution in [0.1, 0.15) is 6.92 Å². The molecule has 0 radical (unpaired) electrons. The number of allylic oxidation sites excluding steroid dienone is 2. The Morgan fingerprint density at radius 1 is 1.60 bits per heavy atom. The van der Waals surface area contributed by atoms with Gasteiger partial charge in [-0.1, -0.05) is 18.0 Å². The Morgan fingerprint density at radius 3 is 2.90 bits per heavy atom. The van der Waals surface area contributed by atoms with E-state index in [1.165, 1.54) is 0 Å². The van der Waals surface area contributed by atoms with Gasteiger partial charge in [-0.2, -0.15) is 0 Å². The van der Waals surface area contributed by atoms with E-state index in [0.717, 1.165) is 6.54 Å². The highest BCUT2D eigenvalue weighted by Gasteiger charge is 2.12. The van der Waals surface area contributed by atoms with Gasteiger partial charge >= 0.3 is 6.85 Å². The normalized spacial score (nSPS) is 16.1. The minimum atomic E-state index is 0.398. The molecule has 0 unspecified atom stereocenters. The van der Waals surface area contributed by atoms with Crippen molar-refractivity contribution >= 4 is 6.85 Å². The average molecular weight is 133 g/mol.